The van der Waals surface area contributed by atoms with Crippen molar-refractivity contribution in [3.8, 4) is 0 Å². The summed E-state index contributed by atoms with van der Waals surface area (Å²) in [6, 6.07) is 0. The Bertz CT molecular complexity index is 206. The molecule has 1 aliphatic rings. The molecule has 0 aromatic carbocycles. The molecule has 54 valence electrons. The number of carbonyl (C=O) groups is 1. The molecule has 0 saturated heterocycles. The number of rotatable bonds is 1. The number of allylic oxidation sites excluding steroid dienone is 3. The average molecular weight is 142 g/mol. The summed E-state index contributed by atoms with van der Waals surface area (Å²) < 4.78 is 12.5. The molecule has 0 aliphatic heterocycles. The topological polar surface area (TPSA) is 37.3 Å². The van der Waals surface area contributed by atoms with Gasteiger partial charge in [0.2, 0.25) is 0 Å². The SMILES string of the molecule is O=C(O)C1CC=CC=C1F. The highest BCUT2D eigenvalue weighted by molar-refractivity contribution is 5.73. The van der Waals surface area contributed by atoms with Gasteiger partial charge < -0.3 is 5.11 Å². The summed E-state index contributed by atoms with van der Waals surface area (Å²) in [5.41, 5.74) is 0. The monoisotopic (exact) mass is 142 g/mol. The van der Waals surface area contributed by atoms with Crippen molar-refractivity contribution in [3.05, 3.63) is 24.1 Å². The summed E-state index contributed by atoms with van der Waals surface area (Å²) in [5.74, 6) is -2.61. The first-order valence-corrected chi connectivity index (χ1v) is 2.97. The smallest absolute Gasteiger partial charge is 0.313 e. The van der Waals surface area contributed by atoms with Gasteiger partial charge in [0, 0.05) is 0 Å². The van der Waals surface area contributed by atoms with Crippen molar-refractivity contribution in [2.45, 2.75) is 6.42 Å². The third kappa shape index (κ3) is 1.23. The molecule has 1 aliphatic carbocycles. The average Bonchev–Trinajstić information content (AvgIpc) is 1.88. The van der Waals surface area contributed by atoms with E-state index in [4.69, 9.17) is 5.11 Å². The zero-order valence-corrected chi connectivity index (χ0v) is 5.25. The maximum absolute atomic E-state index is 12.5. The second-order valence-corrected chi connectivity index (χ2v) is 2.11. The van der Waals surface area contributed by atoms with E-state index >= 15 is 0 Å². The van der Waals surface area contributed by atoms with Crippen LogP contribution in [-0.2, 0) is 4.79 Å². The molecule has 10 heavy (non-hydrogen) atoms. The van der Waals surface area contributed by atoms with Crippen LogP contribution in [0.4, 0.5) is 4.39 Å². The standard InChI is InChI=1S/C7H7FO2/c8-6-4-2-1-3-5(6)7(9)10/h1-2,4-5H,3H2,(H,9,10). The minimum Gasteiger partial charge on any atom is -0.481 e. The third-order valence-electron chi connectivity index (χ3n) is 1.39. The van der Waals surface area contributed by atoms with Gasteiger partial charge in [0.25, 0.3) is 0 Å². The van der Waals surface area contributed by atoms with E-state index in [1.165, 1.54) is 12.2 Å². The van der Waals surface area contributed by atoms with Gasteiger partial charge in [0.15, 0.2) is 0 Å². The Morgan fingerprint density at radius 3 is 2.90 bits per heavy atom. The number of aliphatic carboxylic acids is 1. The first kappa shape index (κ1) is 6.99. The van der Waals surface area contributed by atoms with Crippen molar-refractivity contribution in [2.24, 2.45) is 5.92 Å². The maximum atomic E-state index is 12.5. The van der Waals surface area contributed by atoms with Crippen LogP contribution in [0, 0.1) is 5.92 Å². The minimum absolute atomic E-state index is 0.262. The fourth-order valence-electron chi connectivity index (χ4n) is 0.822. The molecule has 0 radical (unpaired) electrons. The lowest BCUT2D eigenvalue weighted by atomic mass is 10.0. The first-order chi connectivity index (χ1) is 4.72. The second-order valence-electron chi connectivity index (χ2n) is 2.11. The fraction of sp³-hybridized carbons (Fsp3) is 0.286. The van der Waals surface area contributed by atoms with E-state index in [0.29, 0.717) is 0 Å². The molecule has 0 fully saturated rings. The van der Waals surface area contributed by atoms with E-state index in [2.05, 4.69) is 0 Å². The zero-order valence-electron chi connectivity index (χ0n) is 5.25. The lowest BCUT2D eigenvalue weighted by Gasteiger charge is -2.08. The Morgan fingerprint density at radius 1 is 1.80 bits per heavy atom. The Labute approximate surface area is 57.7 Å². The van der Waals surface area contributed by atoms with Gasteiger partial charge >= 0.3 is 5.97 Å². The van der Waals surface area contributed by atoms with Crippen LogP contribution in [0.15, 0.2) is 24.1 Å². The van der Waals surface area contributed by atoms with E-state index in [1.807, 2.05) is 0 Å². The van der Waals surface area contributed by atoms with Crippen LogP contribution in [-0.4, -0.2) is 11.1 Å². The summed E-state index contributed by atoms with van der Waals surface area (Å²) in [4.78, 5) is 10.3. The number of hydrogen-bond donors (Lipinski definition) is 1. The van der Waals surface area contributed by atoms with E-state index in [1.54, 1.807) is 6.08 Å². The fourth-order valence-corrected chi connectivity index (χ4v) is 0.822. The first-order valence-electron chi connectivity index (χ1n) is 2.97. The minimum atomic E-state index is -1.10. The number of hydrogen-bond acceptors (Lipinski definition) is 1. The van der Waals surface area contributed by atoms with E-state index in [0.717, 1.165) is 0 Å². The summed E-state index contributed by atoms with van der Waals surface area (Å²) >= 11 is 0. The summed E-state index contributed by atoms with van der Waals surface area (Å²) in [7, 11) is 0. The van der Waals surface area contributed by atoms with Crippen molar-refractivity contribution in [2.75, 3.05) is 0 Å². The normalized spacial score (nSPS) is 24.1. The molecular weight excluding hydrogens is 135 g/mol. The molecule has 3 heteroatoms. The van der Waals surface area contributed by atoms with Crippen molar-refractivity contribution in [3.63, 3.8) is 0 Å². The summed E-state index contributed by atoms with van der Waals surface area (Å²) in [6.07, 6.45) is 4.61. The predicted octanol–water partition coefficient (Wildman–Crippen LogP) is 1.50. The summed E-state index contributed by atoms with van der Waals surface area (Å²) in [5, 5.41) is 8.39. The Balaban J connectivity index is 2.73. The highest BCUT2D eigenvalue weighted by atomic mass is 19.1. The van der Waals surface area contributed by atoms with Gasteiger partial charge in [-0.15, -0.1) is 0 Å². The molecule has 1 atom stereocenters. The largest absolute Gasteiger partial charge is 0.481 e. The Hall–Kier alpha value is -1.12. The molecular formula is C7H7FO2. The van der Waals surface area contributed by atoms with Crippen LogP contribution in [0.1, 0.15) is 6.42 Å². The molecule has 0 aromatic rings. The van der Waals surface area contributed by atoms with Crippen LogP contribution in [0.25, 0.3) is 0 Å². The van der Waals surface area contributed by atoms with E-state index in [-0.39, 0.29) is 6.42 Å². The molecule has 0 amide bonds. The second kappa shape index (κ2) is 2.64. The molecule has 0 spiro atoms. The van der Waals surface area contributed by atoms with Crippen LogP contribution >= 0.6 is 0 Å². The number of halogens is 1. The molecule has 2 nitrogen and oxygen atoms in total. The molecule has 0 aromatic heterocycles. The molecule has 0 saturated carbocycles. The quantitative estimate of drug-likeness (QED) is 0.602. The van der Waals surface area contributed by atoms with Gasteiger partial charge in [-0.25, -0.2) is 4.39 Å². The van der Waals surface area contributed by atoms with Gasteiger partial charge in [0.1, 0.15) is 11.7 Å². The molecule has 0 bridgehead atoms. The van der Waals surface area contributed by atoms with Crippen LogP contribution in [0.5, 0.6) is 0 Å². The molecule has 0 heterocycles. The van der Waals surface area contributed by atoms with E-state index < -0.39 is 17.7 Å². The zero-order chi connectivity index (χ0) is 7.56. The summed E-state index contributed by atoms with van der Waals surface area (Å²) in [6.45, 7) is 0. The van der Waals surface area contributed by atoms with Gasteiger partial charge in [-0.1, -0.05) is 12.2 Å². The number of carboxylic acids is 1. The van der Waals surface area contributed by atoms with Crippen molar-refractivity contribution < 1.29 is 14.3 Å². The van der Waals surface area contributed by atoms with Gasteiger partial charge in [-0.05, 0) is 12.5 Å². The maximum Gasteiger partial charge on any atom is 0.313 e. The van der Waals surface area contributed by atoms with Gasteiger partial charge in [-0.2, -0.15) is 0 Å². The highest BCUT2D eigenvalue weighted by Gasteiger charge is 2.22. The predicted molar refractivity (Wildman–Crippen MR) is 34.1 cm³/mol. The Kier molecular flexibility index (Phi) is 1.85. The molecule has 1 rings (SSSR count). The van der Waals surface area contributed by atoms with Crippen molar-refractivity contribution >= 4 is 5.97 Å². The lowest BCUT2D eigenvalue weighted by Crippen LogP contribution is -2.14. The van der Waals surface area contributed by atoms with Crippen molar-refractivity contribution in [1.82, 2.24) is 0 Å². The van der Waals surface area contributed by atoms with Gasteiger partial charge in [0.05, 0.1) is 0 Å². The van der Waals surface area contributed by atoms with Gasteiger partial charge in [-0.3, -0.25) is 4.79 Å². The van der Waals surface area contributed by atoms with Crippen LogP contribution < -0.4 is 0 Å². The Morgan fingerprint density at radius 2 is 2.50 bits per heavy atom. The van der Waals surface area contributed by atoms with Crippen LogP contribution in [0.3, 0.4) is 0 Å². The number of carboxylic acid groups (broad SMARTS) is 1. The van der Waals surface area contributed by atoms with Crippen LogP contribution in [0.2, 0.25) is 0 Å². The lowest BCUT2D eigenvalue weighted by molar-refractivity contribution is -0.140. The van der Waals surface area contributed by atoms with E-state index in [9.17, 15) is 9.18 Å². The molecule has 1 unspecified atom stereocenters. The molecule has 1 N–H and O–H groups in total. The van der Waals surface area contributed by atoms with Crippen molar-refractivity contribution in [1.29, 1.82) is 0 Å². The third-order valence-corrected chi connectivity index (χ3v) is 1.39. The highest BCUT2D eigenvalue weighted by Crippen LogP contribution is 2.21.